The number of hydrogen-bond donors (Lipinski definition) is 2. The summed E-state index contributed by atoms with van der Waals surface area (Å²) in [6.07, 6.45) is 1.86. The van der Waals surface area contributed by atoms with E-state index in [1.165, 1.54) is 17.2 Å². The minimum Gasteiger partial charge on any atom is -0.396 e. The number of nitrogens with one attached hydrogen (secondary N) is 1. The van der Waals surface area contributed by atoms with Crippen LogP contribution in [0.5, 0.6) is 0 Å². The smallest absolute Gasteiger partial charge is 0.257 e. The molecule has 0 atom stereocenters. The monoisotopic (exact) mass is 269 g/mol. The number of rotatable bonds is 6. The summed E-state index contributed by atoms with van der Waals surface area (Å²) in [5.74, 6) is -0.985. The Morgan fingerprint density at radius 1 is 1.58 bits per heavy atom. The summed E-state index contributed by atoms with van der Waals surface area (Å²) in [6, 6.07) is 1.30. The summed E-state index contributed by atoms with van der Waals surface area (Å²) < 4.78 is 14.0. The van der Waals surface area contributed by atoms with Crippen LogP contribution in [0.3, 0.4) is 0 Å². The minimum atomic E-state index is -0.648. The van der Waals surface area contributed by atoms with Gasteiger partial charge in [0.1, 0.15) is 0 Å². The van der Waals surface area contributed by atoms with Crippen molar-refractivity contribution < 1.29 is 14.3 Å². The zero-order valence-electron chi connectivity index (χ0n) is 11.5. The van der Waals surface area contributed by atoms with Crippen molar-refractivity contribution in [3.8, 4) is 0 Å². The average molecular weight is 269 g/mol. The first-order valence-corrected chi connectivity index (χ1v) is 6.27. The number of aromatic nitrogens is 1. The summed E-state index contributed by atoms with van der Waals surface area (Å²) in [6.45, 7) is 4.10. The fourth-order valence-electron chi connectivity index (χ4n) is 1.77. The molecule has 0 aromatic carbocycles. The number of nitrogens with zero attached hydrogens (tertiary/aromatic N) is 2. The van der Waals surface area contributed by atoms with E-state index < -0.39 is 5.82 Å². The Balaban J connectivity index is 3.02. The summed E-state index contributed by atoms with van der Waals surface area (Å²) in [5, 5.41) is 11.5. The van der Waals surface area contributed by atoms with E-state index in [4.69, 9.17) is 5.11 Å². The molecule has 0 aliphatic rings. The molecule has 0 aliphatic heterocycles. The molecule has 1 rings (SSSR count). The lowest BCUT2D eigenvalue weighted by molar-refractivity contribution is 0.0688. The second-order valence-corrected chi connectivity index (χ2v) is 4.44. The van der Waals surface area contributed by atoms with Gasteiger partial charge < -0.3 is 15.3 Å². The van der Waals surface area contributed by atoms with Gasteiger partial charge in [0, 0.05) is 32.4 Å². The number of carbonyl (C=O) groups is 1. The van der Waals surface area contributed by atoms with Crippen LogP contribution in [0.15, 0.2) is 12.3 Å². The maximum atomic E-state index is 14.0. The van der Waals surface area contributed by atoms with E-state index in [2.05, 4.69) is 10.3 Å². The molecule has 106 valence electrons. The Labute approximate surface area is 112 Å². The number of aliphatic hydroxyl groups is 1. The topological polar surface area (TPSA) is 65.5 Å². The van der Waals surface area contributed by atoms with Crippen LogP contribution >= 0.6 is 0 Å². The van der Waals surface area contributed by atoms with Crippen LogP contribution in [0.4, 0.5) is 10.2 Å². The van der Waals surface area contributed by atoms with E-state index in [9.17, 15) is 9.18 Å². The highest BCUT2D eigenvalue weighted by Crippen LogP contribution is 2.17. The molecule has 1 aromatic heterocycles. The standard InChI is InChI=1S/C13H20FN3O2/c1-9(2)17(7-4-8-18)13(19)10-5-6-16-12(15-3)11(10)14/h5-6,9,18H,4,7-8H2,1-3H3,(H,15,16). The third-order valence-corrected chi connectivity index (χ3v) is 2.80. The molecule has 0 unspecified atom stereocenters. The molecule has 0 aliphatic carbocycles. The Bertz CT molecular complexity index is 438. The lowest BCUT2D eigenvalue weighted by Gasteiger charge is -2.26. The van der Waals surface area contributed by atoms with Crippen molar-refractivity contribution >= 4 is 11.7 Å². The van der Waals surface area contributed by atoms with Crippen LogP contribution < -0.4 is 5.32 Å². The highest BCUT2D eigenvalue weighted by atomic mass is 19.1. The van der Waals surface area contributed by atoms with Gasteiger partial charge in [-0.25, -0.2) is 9.37 Å². The molecule has 1 amide bonds. The molecular formula is C13H20FN3O2. The summed E-state index contributed by atoms with van der Waals surface area (Å²) in [7, 11) is 1.55. The first kappa shape index (κ1) is 15.4. The molecule has 1 heterocycles. The first-order chi connectivity index (χ1) is 9.02. The quantitative estimate of drug-likeness (QED) is 0.821. The van der Waals surface area contributed by atoms with Gasteiger partial charge in [-0.1, -0.05) is 0 Å². The van der Waals surface area contributed by atoms with Crippen molar-refractivity contribution in [2.24, 2.45) is 0 Å². The van der Waals surface area contributed by atoms with Crippen molar-refractivity contribution in [3.05, 3.63) is 23.6 Å². The van der Waals surface area contributed by atoms with Gasteiger partial charge in [0.05, 0.1) is 5.56 Å². The molecule has 19 heavy (non-hydrogen) atoms. The molecule has 0 bridgehead atoms. The van der Waals surface area contributed by atoms with E-state index >= 15 is 0 Å². The molecule has 0 spiro atoms. The largest absolute Gasteiger partial charge is 0.396 e. The molecule has 2 N–H and O–H groups in total. The van der Waals surface area contributed by atoms with E-state index in [0.29, 0.717) is 13.0 Å². The fraction of sp³-hybridized carbons (Fsp3) is 0.538. The van der Waals surface area contributed by atoms with E-state index in [1.807, 2.05) is 13.8 Å². The molecule has 0 saturated carbocycles. The Morgan fingerprint density at radius 2 is 2.26 bits per heavy atom. The first-order valence-electron chi connectivity index (χ1n) is 6.27. The van der Waals surface area contributed by atoms with Crippen molar-refractivity contribution in [3.63, 3.8) is 0 Å². The van der Waals surface area contributed by atoms with Crippen LogP contribution in [0.1, 0.15) is 30.6 Å². The Hall–Kier alpha value is -1.69. The van der Waals surface area contributed by atoms with E-state index in [0.717, 1.165) is 0 Å². The highest BCUT2D eigenvalue weighted by molar-refractivity contribution is 5.95. The highest BCUT2D eigenvalue weighted by Gasteiger charge is 2.22. The van der Waals surface area contributed by atoms with Gasteiger partial charge in [-0.05, 0) is 26.3 Å². The van der Waals surface area contributed by atoms with Crippen molar-refractivity contribution in [2.75, 3.05) is 25.5 Å². The summed E-state index contributed by atoms with van der Waals surface area (Å²) >= 11 is 0. The summed E-state index contributed by atoms with van der Waals surface area (Å²) in [5.41, 5.74) is -0.00834. The summed E-state index contributed by atoms with van der Waals surface area (Å²) in [4.78, 5) is 17.7. The number of halogens is 1. The van der Waals surface area contributed by atoms with E-state index in [-0.39, 0.29) is 29.9 Å². The molecule has 6 heteroatoms. The van der Waals surface area contributed by atoms with Gasteiger partial charge in [0.2, 0.25) is 0 Å². The molecular weight excluding hydrogens is 249 g/mol. The normalized spacial score (nSPS) is 10.6. The van der Waals surface area contributed by atoms with Crippen LogP contribution in [0.2, 0.25) is 0 Å². The van der Waals surface area contributed by atoms with Gasteiger partial charge in [-0.15, -0.1) is 0 Å². The zero-order valence-corrected chi connectivity index (χ0v) is 11.5. The van der Waals surface area contributed by atoms with Gasteiger partial charge in [0.15, 0.2) is 11.6 Å². The number of hydrogen-bond acceptors (Lipinski definition) is 4. The van der Waals surface area contributed by atoms with E-state index in [1.54, 1.807) is 7.05 Å². The maximum Gasteiger partial charge on any atom is 0.257 e. The fourth-order valence-corrected chi connectivity index (χ4v) is 1.77. The van der Waals surface area contributed by atoms with Crippen molar-refractivity contribution in [1.82, 2.24) is 9.88 Å². The van der Waals surface area contributed by atoms with Gasteiger partial charge >= 0.3 is 0 Å². The molecule has 0 radical (unpaired) electrons. The molecule has 0 fully saturated rings. The second-order valence-electron chi connectivity index (χ2n) is 4.44. The van der Waals surface area contributed by atoms with Crippen molar-refractivity contribution in [2.45, 2.75) is 26.3 Å². The van der Waals surface area contributed by atoms with Crippen LogP contribution in [0, 0.1) is 5.82 Å². The molecule has 1 aromatic rings. The van der Waals surface area contributed by atoms with Crippen LogP contribution in [-0.4, -0.2) is 47.1 Å². The average Bonchev–Trinajstić information content (AvgIpc) is 2.38. The third-order valence-electron chi connectivity index (χ3n) is 2.80. The third kappa shape index (κ3) is 3.64. The molecule has 5 nitrogen and oxygen atoms in total. The molecule has 0 saturated heterocycles. The number of anilines is 1. The maximum absolute atomic E-state index is 14.0. The van der Waals surface area contributed by atoms with Gasteiger partial charge in [0.25, 0.3) is 5.91 Å². The number of carbonyl (C=O) groups excluding carboxylic acids is 1. The van der Waals surface area contributed by atoms with Gasteiger partial charge in [-0.2, -0.15) is 0 Å². The Kier molecular flexibility index (Phi) is 5.69. The predicted octanol–water partition coefficient (Wildman–Crippen LogP) is 1.50. The Morgan fingerprint density at radius 3 is 2.79 bits per heavy atom. The number of amides is 1. The van der Waals surface area contributed by atoms with Gasteiger partial charge in [-0.3, -0.25) is 4.79 Å². The lowest BCUT2D eigenvalue weighted by atomic mass is 10.1. The zero-order chi connectivity index (χ0) is 14.4. The number of aliphatic hydroxyl groups excluding tert-OH is 1. The minimum absolute atomic E-state index is 0.00288. The van der Waals surface area contributed by atoms with Crippen molar-refractivity contribution in [1.29, 1.82) is 0 Å². The second kappa shape index (κ2) is 7.04. The predicted molar refractivity (Wildman–Crippen MR) is 71.6 cm³/mol. The van der Waals surface area contributed by atoms with Crippen LogP contribution in [0.25, 0.3) is 0 Å². The SMILES string of the molecule is CNc1nccc(C(=O)N(CCCO)C(C)C)c1F. The number of pyridine rings is 1. The van der Waals surface area contributed by atoms with Crippen LogP contribution in [-0.2, 0) is 0 Å². The lowest BCUT2D eigenvalue weighted by Crippen LogP contribution is -2.38.